The Labute approximate surface area is 193 Å². The van der Waals surface area contributed by atoms with Crippen molar-refractivity contribution in [2.24, 2.45) is 0 Å². The molecule has 0 radical (unpaired) electrons. The van der Waals surface area contributed by atoms with E-state index in [0.29, 0.717) is 26.9 Å². The van der Waals surface area contributed by atoms with E-state index < -0.39 is 11.8 Å². The monoisotopic (exact) mass is 460 g/mol. The van der Waals surface area contributed by atoms with Crippen molar-refractivity contribution < 1.29 is 14.3 Å². The van der Waals surface area contributed by atoms with E-state index in [1.807, 2.05) is 60.0 Å². The molecule has 0 bridgehead atoms. The molecule has 0 fully saturated rings. The number of amides is 2. The number of fused-ring (bicyclic) bond motifs is 1. The van der Waals surface area contributed by atoms with Gasteiger partial charge >= 0.3 is 0 Å². The van der Waals surface area contributed by atoms with Crippen molar-refractivity contribution in [3.8, 4) is 5.75 Å². The van der Waals surface area contributed by atoms with Crippen LogP contribution in [0.25, 0.3) is 16.3 Å². The highest BCUT2D eigenvalue weighted by Crippen LogP contribution is 2.38. The van der Waals surface area contributed by atoms with Crippen molar-refractivity contribution in [1.82, 2.24) is 0 Å². The van der Waals surface area contributed by atoms with Crippen molar-refractivity contribution in [3.05, 3.63) is 93.8 Å². The topological polar surface area (TPSA) is 58.6 Å². The minimum Gasteiger partial charge on any atom is -0.495 e. The summed E-state index contributed by atoms with van der Waals surface area (Å²) < 4.78 is 5.20. The number of carbonyl (C=O) groups excluding carboxylic acids is 2. The fourth-order valence-electron chi connectivity index (χ4n) is 3.79. The second kappa shape index (κ2) is 8.15. The Bertz CT molecular complexity index is 1390. The van der Waals surface area contributed by atoms with Crippen molar-refractivity contribution in [2.45, 2.75) is 0 Å². The molecule has 4 aromatic rings. The number of imide groups is 1. The molecule has 0 aliphatic carbocycles. The number of ether oxygens (including phenoxy) is 1. The highest BCUT2D eigenvalue weighted by atomic mass is 35.5. The van der Waals surface area contributed by atoms with E-state index in [0.717, 1.165) is 21.4 Å². The predicted molar refractivity (Wildman–Crippen MR) is 129 cm³/mol. The first kappa shape index (κ1) is 20.3. The number of nitrogens with zero attached hydrogens (tertiary/aromatic N) is 1. The molecule has 0 saturated carbocycles. The fourth-order valence-corrected chi connectivity index (χ4v) is 4.81. The lowest BCUT2D eigenvalue weighted by molar-refractivity contribution is -0.120. The number of hydrogen-bond donors (Lipinski definition) is 1. The van der Waals surface area contributed by atoms with Crippen molar-refractivity contribution in [3.63, 3.8) is 0 Å². The molecule has 3 aromatic carbocycles. The molecule has 32 heavy (non-hydrogen) atoms. The van der Waals surface area contributed by atoms with Crippen LogP contribution in [0.3, 0.4) is 0 Å². The highest BCUT2D eigenvalue weighted by Gasteiger charge is 2.41. The van der Waals surface area contributed by atoms with Crippen molar-refractivity contribution in [1.29, 1.82) is 0 Å². The smallest absolute Gasteiger partial charge is 0.282 e. The van der Waals surface area contributed by atoms with E-state index in [9.17, 15) is 9.59 Å². The summed E-state index contributed by atoms with van der Waals surface area (Å²) in [6, 6.07) is 22.2. The minimum atomic E-state index is -0.437. The molecule has 0 unspecified atom stereocenters. The molecule has 0 atom stereocenters. The lowest BCUT2D eigenvalue weighted by Gasteiger charge is -2.17. The maximum Gasteiger partial charge on any atom is 0.282 e. The van der Waals surface area contributed by atoms with Gasteiger partial charge in [0, 0.05) is 16.0 Å². The Hall–Kier alpha value is -3.61. The first-order valence-electron chi connectivity index (χ1n) is 9.83. The van der Waals surface area contributed by atoms with Crippen LogP contribution in [0.1, 0.15) is 4.88 Å². The summed E-state index contributed by atoms with van der Waals surface area (Å²) in [5, 5.41) is 7.44. The third-order valence-electron chi connectivity index (χ3n) is 5.29. The predicted octanol–water partition coefficient (Wildman–Crippen LogP) is 5.96. The van der Waals surface area contributed by atoms with Gasteiger partial charge in [-0.2, -0.15) is 0 Å². The zero-order valence-corrected chi connectivity index (χ0v) is 18.5. The van der Waals surface area contributed by atoms with Gasteiger partial charge in [0.25, 0.3) is 11.8 Å². The van der Waals surface area contributed by atoms with Gasteiger partial charge in [0.1, 0.15) is 11.4 Å². The summed E-state index contributed by atoms with van der Waals surface area (Å²) in [5.74, 6) is -0.371. The average Bonchev–Trinajstić information content (AvgIpc) is 3.40. The maximum atomic E-state index is 13.5. The molecule has 2 heterocycles. The largest absolute Gasteiger partial charge is 0.495 e. The third-order valence-corrected chi connectivity index (χ3v) is 6.48. The SMILES string of the molecule is COc1ccc(N2C(=O)C(Nc3cccc4ccccc34)=C(c3cccs3)C2=O)cc1Cl. The van der Waals surface area contributed by atoms with Gasteiger partial charge < -0.3 is 10.1 Å². The lowest BCUT2D eigenvalue weighted by Crippen LogP contribution is -2.32. The van der Waals surface area contributed by atoms with Gasteiger partial charge in [0.05, 0.1) is 23.4 Å². The number of methoxy groups -OCH3 is 1. The third kappa shape index (κ3) is 3.34. The van der Waals surface area contributed by atoms with Gasteiger partial charge in [0.2, 0.25) is 0 Å². The summed E-state index contributed by atoms with van der Waals surface area (Å²) in [5.41, 5.74) is 1.71. The molecule has 1 aliphatic rings. The van der Waals surface area contributed by atoms with Gasteiger partial charge in [-0.1, -0.05) is 54.1 Å². The number of thiophene rings is 1. The van der Waals surface area contributed by atoms with Crippen LogP contribution in [0, 0.1) is 0 Å². The minimum absolute atomic E-state index is 0.237. The number of carbonyl (C=O) groups is 2. The number of benzene rings is 3. The van der Waals surface area contributed by atoms with Gasteiger partial charge in [-0.15, -0.1) is 11.3 Å². The molecule has 1 N–H and O–H groups in total. The molecular formula is C25H17ClN2O3S. The van der Waals surface area contributed by atoms with E-state index in [1.54, 1.807) is 18.2 Å². The highest BCUT2D eigenvalue weighted by molar-refractivity contribution is 7.11. The molecule has 2 amide bonds. The maximum absolute atomic E-state index is 13.5. The van der Waals surface area contributed by atoms with Crippen LogP contribution in [0.5, 0.6) is 5.75 Å². The summed E-state index contributed by atoms with van der Waals surface area (Å²) in [4.78, 5) is 28.9. The zero-order valence-electron chi connectivity index (χ0n) is 17.0. The second-order valence-electron chi connectivity index (χ2n) is 7.14. The molecular weight excluding hydrogens is 444 g/mol. The molecule has 1 aromatic heterocycles. The van der Waals surface area contributed by atoms with E-state index in [4.69, 9.17) is 16.3 Å². The Morgan fingerprint density at radius 2 is 1.75 bits per heavy atom. The van der Waals surface area contributed by atoms with Crippen molar-refractivity contribution >= 4 is 62.5 Å². The first-order valence-corrected chi connectivity index (χ1v) is 11.1. The van der Waals surface area contributed by atoms with Crippen LogP contribution in [-0.2, 0) is 9.59 Å². The van der Waals surface area contributed by atoms with Gasteiger partial charge in [0.15, 0.2) is 0 Å². The van der Waals surface area contributed by atoms with Crippen LogP contribution in [-0.4, -0.2) is 18.9 Å². The molecule has 0 spiro atoms. The summed E-state index contributed by atoms with van der Waals surface area (Å²) in [6.07, 6.45) is 0. The Morgan fingerprint density at radius 1 is 0.938 bits per heavy atom. The first-order chi connectivity index (χ1) is 15.6. The second-order valence-corrected chi connectivity index (χ2v) is 8.50. The molecule has 5 nitrogen and oxygen atoms in total. The Balaban J connectivity index is 1.62. The molecule has 158 valence electrons. The van der Waals surface area contributed by atoms with Gasteiger partial charge in [-0.05, 0) is 41.1 Å². The van der Waals surface area contributed by atoms with Crippen LogP contribution in [0.15, 0.2) is 83.9 Å². The van der Waals surface area contributed by atoms with E-state index in [2.05, 4.69) is 5.32 Å². The zero-order chi connectivity index (χ0) is 22.2. The Morgan fingerprint density at radius 3 is 2.50 bits per heavy atom. The normalized spacial score (nSPS) is 13.9. The fraction of sp³-hybridized carbons (Fsp3) is 0.0400. The van der Waals surface area contributed by atoms with Crippen LogP contribution in [0.2, 0.25) is 5.02 Å². The van der Waals surface area contributed by atoms with Crippen molar-refractivity contribution in [2.75, 3.05) is 17.3 Å². The van der Waals surface area contributed by atoms with Crippen LogP contribution < -0.4 is 15.0 Å². The van der Waals surface area contributed by atoms with E-state index >= 15 is 0 Å². The summed E-state index contributed by atoms with van der Waals surface area (Å²) in [6.45, 7) is 0. The molecule has 1 aliphatic heterocycles. The van der Waals surface area contributed by atoms with Crippen LogP contribution >= 0.6 is 22.9 Å². The number of hydrogen-bond acceptors (Lipinski definition) is 5. The lowest BCUT2D eigenvalue weighted by atomic mass is 10.1. The van der Waals surface area contributed by atoms with E-state index in [1.165, 1.54) is 18.4 Å². The number of rotatable bonds is 5. The average molecular weight is 461 g/mol. The molecule has 0 saturated heterocycles. The number of nitrogens with one attached hydrogen (secondary N) is 1. The van der Waals surface area contributed by atoms with Gasteiger partial charge in [-0.25, -0.2) is 4.90 Å². The van der Waals surface area contributed by atoms with E-state index in [-0.39, 0.29) is 5.70 Å². The van der Waals surface area contributed by atoms with Crippen LogP contribution in [0.4, 0.5) is 11.4 Å². The van der Waals surface area contributed by atoms with Gasteiger partial charge in [-0.3, -0.25) is 9.59 Å². The molecule has 7 heteroatoms. The number of halogens is 1. The quantitative estimate of drug-likeness (QED) is 0.373. The number of anilines is 2. The summed E-state index contributed by atoms with van der Waals surface area (Å²) in [7, 11) is 1.51. The standard InChI is InChI=1S/C25H17ClN2O3S/c1-31-20-12-11-16(14-18(20)26)28-24(29)22(21-10-5-13-32-21)23(25(28)30)27-19-9-4-7-15-6-2-3-8-17(15)19/h2-14,27H,1H3. The summed E-state index contributed by atoms with van der Waals surface area (Å²) >= 11 is 7.68. The Kier molecular flexibility index (Phi) is 5.17. The molecule has 5 rings (SSSR count).